The van der Waals surface area contributed by atoms with E-state index < -0.39 is 54.3 Å². The van der Waals surface area contributed by atoms with E-state index in [2.05, 4.69) is 0 Å². The van der Waals surface area contributed by atoms with Gasteiger partial charge in [0, 0.05) is 20.5 Å². The van der Waals surface area contributed by atoms with Crippen molar-refractivity contribution in [2.75, 3.05) is 14.1 Å². The van der Waals surface area contributed by atoms with Crippen LogP contribution in [-0.4, -0.2) is 71.0 Å². The van der Waals surface area contributed by atoms with Gasteiger partial charge in [-0.1, -0.05) is 24.3 Å². The van der Waals surface area contributed by atoms with Gasteiger partial charge in [0.25, 0.3) is 0 Å². The minimum absolute atomic E-state index is 0.00570. The van der Waals surface area contributed by atoms with Gasteiger partial charge in [0.2, 0.25) is 17.7 Å². The molecule has 2 aromatic rings. The van der Waals surface area contributed by atoms with Gasteiger partial charge in [0.05, 0.1) is 12.5 Å². The first kappa shape index (κ1) is 29.6. The maximum absolute atomic E-state index is 13.4. The standard InChI is InChI=1S/C25H30F4N4O4/c1-14-10-16(6-9-21(14)34)12-19(22(31)35)32(2)24(37)20(13-25(27,28)29)33(3)23(36)18(30)11-15-4-7-17(26)8-5-15/h4-10,18-20,34H,11-13,30H2,1-3H3,(H2,31,35)/t18-,19-,20?/m0/s1. The number of nitrogens with two attached hydrogens (primary N) is 2. The summed E-state index contributed by atoms with van der Waals surface area (Å²) in [4.78, 5) is 39.7. The monoisotopic (exact) mass is 526 g/mol. The first-order chi connectivity index (χ1) is 17.1. The van der Waals surface area contributed by atoms with Gasteiger partial charge in [-0.25, -0.2) is 4.39 Å². The van der Waals surface area contributed by atoms with Crippen molar-refractivity contribution in [2.45, 2.75) is 50.5 Å². The summed E-state index contributed by atoms with van der Waals surface area (Å²) in [5.74, 6) is -3.56. The average molecular weight is 527 g/mol. The second-order valence-electron chi connectivity index (χ2n) is 8.91. The molecular weight excluding hydrogens is 496 g/mol. The van der Waals surface area contributed by atoms with E-state index in [0.29, 0.717) is 21.6 Å². The van der Waals surface area contributed by atoms with Gasteiger partial charge in [-0.2, -0.15) is 13.2 Å². The number of rotatable bonds is 10. The van der Waals surface area contributed by atoms with Crippen LogP contribution in [0.1, 0.15) is 23.1 Å². The van der Waals surface area contributed by atoms with Gasteiger partial charge in [0.1, 0.15) is 23.7 Å². The molecule has 3 amide bonds. The van der Waals surface area contributed by atoms with Crippen LogP contribution < -0.4 is 11.5 Å². The molecule has 0 radical (unpaired) electrons. The Morgan fingerprint density at radius 2 is 1.46 bits per heavy atom. The number of amides is 3. The maximum atomic E-state index is 13.4. The number of aryl methyl sites for hydroxylation is 1. The van der Waals surface area contributed by atoms with E-state index in [0.717, 1.165) is 31.1 Å². The normalized spacial score (nSPS) is 13.9. The highest BCUT2D eigenvalue weighted by Crippen LogP contribution is 2.26. The van der Waals surface area contributed by atoms with Crippen LogP contribution >= 0.6 is 0 Å². The third kappa shape index (κ3) is 8.17. The molecule has 0 aliphatic carbocycles. The van der Waals surface area contributed by atoms with Crippen molar-refractivity contribution in [2.24, 2.45) is 11.5 Å². The highest BCUT2D eigenvalue weighted by atomic mass is 19.4. The lowest BCUT2D eigenvalue weighted by Crippen LogP contribution is -2.57. The van der Waals surface area contributed by atoms with Crippen molar-refractivity contribution in [3.8, 4) is 5.75 Å². The van der Waals surface area contributed by atoms with Crippen molar-refractivity contribution < 1.29 is 37.1 Å². The van der Waals surface area contributed by atoms with Crippen LogP contribution in [0.2, 0.25) is 0 Å². The summed E-state index contributed by atoms with van der Waals surface area (Å²) < 4.78 is 53.4. The molecule has 0 bridgehead atoms. The van der Waals surface area contributed by atoms with Crippen LogP contribution in [0.3, 0.4) is 0 Å². The summed E-state index contributed by atoms with van der Waals surface area (Å²) in [6.45, 7) is 1.61. The molecule has 5 N–H and O–H groups in total. The molecule has 8 nitrogen and oxygen atoms in total. The van der Waals surface area contributed by atoms with Crippen LogP contribution in [0.15, 0.2) is 42.5 Å². The van der Waals surface area contributed by atoms with Gasteiger partial charge >= 0.3 is 6.18 Å². The first-order valence-corrected chi connectivity index (χ1v) is 11.3. The molecule has 202 valence electrons. The number of carbonyl (C=O) groups excluding carboxylic acids is 3. The number of phenols is 1. The number of halogens is 4. The zero-order valence-electron chi connectivity index (χ0n) is 20.6. The maximum Gasteiger partial charge on any atom is 0.391 e. The smallest absolute Gasteiger partial charge is 0.391 e. The minimum Gasteiger partial charge on any atom is -0.508 e. The van der Waals surface area contributed by atoms with Gasteiger partial charge in [-0.15, -0.1) is 0 Å². The minimum atomic E-state index is -4.83. The number of aromatic hydroxyl groups is 1. The fourth-order valence-electron chi connectivity index (χ4n) is 3.87. The number of phenolic OH excluding ortho intramolecular Hbond substituents is 1. The molecule has 0 spiro atoms. The van der Waals surface area contributed by atoms with E-state index >= 15 is 0 Å². The molecule has 3 atom stereocenters. The Bertz CT molecular complexity index is 1120. The van der Waals surface area contributed by atoms with E-state index in [4.69, 9.17) is 11.5 Å². The lowest BCUT2D eigenvalue weighted by atomic mass is 10.00. The van der Waals surface area contributed by atoms with Crippen LogP contribution in [0.25, 0.3) is 0 Å². The summed E-state index contributed by atoms with van der Waals surface area (Å²) >= 11 is 0. The number of nitrogens with zero attached hydrogens (tertiary/aromatic N) is 2. The van der Waals surface area contributed by atoms with Crippen molar-refractivity contribution in [1.82, 2.24) is 9.80 Å². The summed E-state index contributed by atoms with van der Waals surface area (Å²) in [6, 6.07) is 4.86. The Balaban J connectivity index is 2.28. The summed E-state index contributed by atoms with van der Waals surface area (Å²) in [5.41, 5.74) is 12.9. The highest BCUT2D eigenvalue weighted by molar-refractivity contribution is 5.92. The molecule has 2 aromatic carbocycles. The molecule has 0 saturated heterocycles. The van der Waals surface area contributed by atoms with Crippen LogP contribution in [-0.2, 0) is 27.2 Å². The number of hydrogen-bond donors (Lipinski definition) is 3. The summed E-state index contributed by atoms with van der Waals surface area (Å²) in [5, 5.41) is 9.70. The third-order valence-electron chi connectivity index (χ3n) is 6.04. The van der Waals surface area contributed by atoms with Crippen LogP contribution in [0, 0.1) is 12.7 Å². The zero-order chi connectivity index (χ0) is 28.1. The first-order valence-electron chi connectivity index (χ1n) is 11.3. The number of likely N-dealkylation sites (N-methyl/N-ethyl adjacent to an activating group) is 2. The molecule has 0 saturated carbocycles. The predicted octanol–water partition coefficient (Wildman–Crippen LogP) is 2.04. The number of hydrogen-bond acceptors (Lipinski definition) is 5. The Morgan fingerprint density at radius 3 is 1.97 bits per heavy atom. The largest absolute Gasteiger partial charge is 0.508 e. The molecule has 0 aliphatic rings. The van der Waals surface area contributed by atoms with Crippen molar-refractivity contribution in [1.29, 1.82) is 0 Å². The molecule has 0 fully saturated rings. The van der Waals surface area contributed by atoms with Gasteiger partial charge in [-0.05, 0) is 48.2 Å². The molecule has 0 aliphatic heterocycles. The van der Waals surface area contributed by atoms with Gasteiger partial charge < -0.3 is 26.4 Å². The molecule has 12 heteroatoms. The summed E-state index contributed by atoms with van der Waals surface area (Å²) in [7, 11) is 2.16. The Morgan fingerprint density at radius 1 is 0.919 bits per heavy atom. The van der Waals surface area contributed by atoms with Crippen LogP contribution in [0.4, 0.5) is 17.6 Å². The molecule has 2 rings (SSSR count). The topological polar surface area (TPSA) is 130 Å². The molecule has 0 heterocycles. The number of alkyl halides is 3. The average Bonchev–Trinajstić information content (AvgIpc) is 2.82. The van der Waals surface area contributed by atoms with Crippen molar-refractivity contribution in [3.05, 3.63) is 65.0 Å². The van der Waals surface area contributed by atoms with Crippen molar-refractivity contribution in [3.63, 3.8) is 0 Å². The molecule has 1 unspecified atom stereocenters. The summed E-state index contributed by atoms with van der Waals surface area (Å²) in [6.07, 6.45) is -6.73. The van der Waals surface area contributed by atoms with E-state index in [1.54, 1.807) is 13.0 Å². The lowest BCUT2D eigenvalue weighted by Gasteiger charge is -2.35. The van der Waals surface area contributed by atoms with Gasteiger partial charge in [0.15, 0.2) is 0 Å². The third-order valence-corrected chi connectivity index (χ3v) is 6.04. The second kappa shape index (κ2) is 12.0. The fraction of sp³-hybridized carbons (Fsp3) is 0.400. The van der Waals surface area contributed by atoms with Gasteiger partial charge in [-0.3, -0.25) is 14.4 Å². The van der Waals surface area contributed by atoms with Crippen LogP contribution in [0.5, 0.6) is 5.75 Å². The predicted molar refractivity (Wildman–Crippen MR) is 128 cm³/mol. The van der Waals surface area contributed by atoms with E-state index in [1.165, 1.54) is 24.3 Å². The van der Waals surface area contributed by atoms with Crippen molar-refractivity contribution >= 4 is 17.7 Å². The molecular formula is C25H30F4N4O4. The van der Waals surface area contributed by atoms with E-state index in [1.807, 2.05) is 0 Å². The lowest BCUT2D eigenvalue weighted by molar-refractivity contribution is -0.166. The highest BCUT2D eigenvalue weighted by Gasteiger charge is 2.42. The van der Waals surface area contributed by atoms with E-state index in [-0.39, 0.29) is 18.6 Å². The molecule has 0 aromatic heterocycles. The van der Waals surface area contributed by atoms with E-state index in [9.17, 15) is 37.1 Å². The zero-order valence-corrected chi connectivity index (χ0v) is 20.6. The Hall–Kier alpha value is -3.67. The number of primary amides is 1. The quantitative estimate of drug-likeness (QED) is 0.408. The SMILES string of the molecule is Cc1cc(C[C@@H](C(N)=O)N(C)C(=O)C(CC(F)(F)F)N(C)C(=O)[C@@H](N)Cc2ccc(F)cc2)ccc1O. The Kier molecular flexibility index (Phi) is 9.62. The number of benzene rings is 2. The fourth-order valence-corrected chi connectivity index (χ4v) is 3.87. The second-order valence-corrected chi connectivity index (χ2v) is 8.91. The molecule has 37 heavy (non-hydrogen) atoms. The Labute approximate surface area is 211 Å². The number of carbonyl (C=O) groups is 3.